The van der Waals surface area contributed by atoms with Crippen molar-refractivity contribution in [2.75, 3.05) is 20.0 Å². The van der Waals surface area contributed by atoms with Gasteiger partial charge in [0.05, 0.1) is 25.5 Å². The highest BCUT2D eigenvalue weighted by molar-refractivity contribution is 5.95. The molecular weight excluding hydrogens is 447 g/mol. The molecule has 0 radical (unpaired) electrons. The summed E-state index contributed by atoms with van der Waals surface area (Å²) in [6.45, 7) is 4.17. The van der Waals surface area contributed by atoms with Gasteiger partial charge in [0.15, 0.2) is 23.1 Å². The number of benzene rings is 2. The summed E-state index contributed by atoms with van der Waals surface area (Å²) in [5.74, 6) is 1.56. The molecule has 4 aromatic rings. The van der Waals surface area contributed by atoms with E-state index in [9.17, 15) is 0 Å². The van der Waals surface area contributed by atoms with Crippen molar-refractivity contribution in [3.8, 4) is 45.3 Å². The summed E-state index contributed by atoms with van der Waals surface area (Å²) in [6.07, 6.45) is 2.65. The van der Waals surface area contributed by atoms with Crippen LogP contribution in [-0.4, -0.2) is 28.9 Å². The highest BCUT2D eigenvalue weighted by Crippen LogP contribution is 2.52. The fraction of sp³-hybridized carbons (Fsp3) is 0.333. The smallest absolute Gasteiger partial charge is 0.260 e. The number of fused-ring (bicyclic) bond motifs is 3. The normalized spacial score (nSPS) is 16.7. The molecular formula is C27H27FN4O3. The largest absolute Gasteiger partial charge is 0.493 e. The molecule has 7 nitrogen and oxygen atoms in total. The van der Waals surface area contributed by atoms with Crippen LogP contribution in [0.4, 0.5) is 10.1 Å². The lowest BCUT2D eigenvalue weighted by molar-refractivity contribution is 0.334. The fourth-order valence-electron chi connectivity index (χ4n) is 5.36. The SMILES string of the molecule is COc1cc2c(c(F)c1OC)CC(C)n1c(C)c(-c3ccc(N)cc3)c(-c3nc(C4CC4)no3)c1-2. The molecule has 1 fully saturated rings. The van der Waals surface area contributed by atoms with Crippen molar-refractivity contribution in [1.29, 1.82) is 0 Å². The zero-order valence-electron chi connectivity index (χ0n) is 20.2. The second kappa shape index (κ2) is 7.86. The van der Waals surface area contributed by atoms with Crippen LogP contribution >= 0.6 is 0 Å². The van der Waals surface area contributed by atoms with Crippen molar-refractivity contribution < 1.29 is 18.4 Å². The topological polar surface area (TPSA) is 88.3 Å². The number of nitrogen functional groups attached to an aromatic ring is 1. The molecule has 0 bridgehead atoms. The van der Waals surface area contributed by atoms with Crippen molar-refractivity contribution in [3.63, 3.8) is 0 Å². The lowest BCUT2D eigenvalue weighted by atomic mass is 9.90. The zero-order chi connectivity index (χ0) is 24.4. The van der Waals surface area contributed by atoms with E-state index in [1.54, 1.807) is 0 Å². The molecule has 180 valence electrons. The highest BCUT2D eigenvalue weighted by Gasteiger charge is 2.37. The van der Waals surface area contributed by atoms with Gasteiger partial charge in [0.1, 0.15) is 0 Å². The van der Waals surface area contributed by atoms with E-state index in [1.807, 2.05) is 30.3 Å². The third kappa shape index (κ3) is 3.23. The third-order valence-corrected chi connectivity index (χ3v) is 7.16. The number of ether oxygens (including phenoxy) is 2. The number of nitrogens with two attached hydrogens (primary N) is 1. The molecule has 1 aliphatic heterocycles. The monoisotopic (exact) mass is 474 g/mol. The van der Waals surface area contributed by atoms with Crippen molar-refractivity contribution in [3.05, 3.63) is 53.2 Å². The van der Waals surface area contributed by atoms with E-state index in [0.717, 1.165) is 52.3 Å². The van der Waals surface area contributed by atoms with Crippen LogP contribution in [0.1, 0.15) is 48.8 Å². The maximum absolute atomic E-state index is 15.7. The van der Waals surface area contributed by atoms with E-state index in [0.29, 0.717) is 35.2 Å². The number of rotatable bonds is 5. The molecule has 6 rings (SSSR count). The second-order valence-electron chi connectivity index (χ2n) is 9.41. The molecule has 3 heterocycles. The quantitative estimate of drug-likeness (QED) is 0.362. The first-order valence-electron chi connectivity index (χ1n) is 11.8. The van der Waals surface area contributed by atoms with E-state index >= 15 is 4.39 Å². The van der Waals surface area contributed by atoms with Gasteiger partial charge in [0.2, 0.25) is 0 Å². The molecule has 1 unspecified atom stereocenters. The number of hydrogen-bond acceptors (Lipinski definition) is 6. The maximum Gasteiger partial charge on any atom is 0.260 e. The van der Waals surface area contributed by atoms with Crippen LogP contribution in [0, 0.1) is 12.7 Å². The molecule has 8 heteroatoms. The zero-order valence-corrected chi connectivity index (χ0v) is 20.2. The summed E-state index contributed by atoms with van der Waals surface area (Å²) in [5.41, 5.74) is 12.6. The van der Waals surface area contributed by atoms with Gasteiger partial charge in [-0.3, -0.25) is 0 Å². The third-order valence-electron chi connectivity index (χ3n) is 7.16. The number of nitrogens with zero attached hydrogens (tertiary/aromatic N) is 3. The molecule has 35 heavy (non-hydrogen) atoms. The molecule has 1 aliphatic carbocycles. The van der Waals surface area contributed by atoms with Crippen molar-refractivity contribution >= 4 is 5.69 Å². The van der Waals surface area contributed by atoms with Crippen LogP contribution in [0.25, 0.3) is 33.8 Å². The van der Waals surface area contributed by atoms with Crippen molar-refractivity contribution in [1.82, 2.24) is 14.7 Å². The Kier molecular flexibility index (Phi) is 4.88. The number of methoxy groups -OCH3 is 2. The van der Waals surface area contributed by atoms with Gasteiger partial charge in [0, 0.05) is 40.0 Å². The van der Waals surface area contributed by atoms with E-state index in [2.05, 4.69) is 23.6 Å². The van der Waals surface area contributed by atoms with E-state index in [1.165, 1.54) is 14.2 Å². The summed E-state index contributed by atoms with van der Waals surface area (Å²) >= 11 is 0. The first-order chi connectivity index (χ1) is 16.9. The van der Waals surface area contributed by atoms with Gasteiger partial charge in [-0.15, -0.1) is 0 Å². The predicted molar refractivity (Wildman–Crippen MR) is 131 cm³/mol. The summed E-state index contributed by atoms with van der Waals surface area (Å²) in [5, 5.41) is 4.28. The summed E-state index contributed by atoms with van der Waals surface area (Å²) in [7, 11) is 2.97. The molecule has 1 atom stereocenters. The number of aromatic nitrogens is 3. The predicted octanol–water partition coefficient (Wildman–Crippen LogP) is 5.91. The summed E-state index contributed by atoms with van der Waals surface area (Å²) in [6, 6.07) is 9.59. The van der Waals surface area contributed by atoms with Crippen LogP contribution < -0.4 is 15.2 Å². The van der Waals surface area contributed by atoms with Gasteiger partial charge in [-0.05, 0) is 56.9 Å². The molecule has 0 amide bonds. The van der Waals surface area contributed by atoms with Gasteiger partial charge >= 0.3 is 0 Å². The maximum atomic E-state index is 15.7. The molecule has 2 aromatic heterocycles. The lowest BCUT2D eigenvalue weighted by Gasteiger charge is -2.29. The summed E-state index contributed by atoms with van der Waals surface area (Å²) < 4.78 is 34.7. The van der Waals surface area contributed by atoms with Crippen molar-refractivity contribution in [2.24, 2.45) is 0 Å². The Morgan fingerprint density at radius 3 is 2.51 bits per heavy atom. The average Bonchev–Trinajstić information content (AvgIpc) is 3.50. The second-order valence-corrected chi connectivity index (χ2v) is 9.41. The number of anilines is 1. The average molecular weight is 475 g/mol. The Morgan fingerprint density at radius 1 is 1.11 bits per heavy atom. The van der Waals surface area contributed by atoms with Gasteiger partial charge < -0.3 is 24.3 Å². The fourth-order valence-corrected chi connectivity index (χ4v) is 5.36. The Bertz CT molecular complexity index is 1450. The van der Waals surface area contributed by atoms with Crippen LogP contribution in [0.3, 0.4) is 0 Å². The Hall–Kier alpha value is -3.81. The molecule has 1 saturated carbocycles. The minimum absolute atomic E-state index is 0.00259. The highest BCUT2D eigenvalue weighted by atomic mass is 19.1. The van der Waals surface area contributed by atoms with Crippen LogP contribution in [-0.2, 0) is 6.42 Å². The molecule has 2 aromatic carbocycles. The van der Waals surface area contributed by atoms with Gasteiger partial charge in [-0.25, -0.2) is 4.39 Å². The van der Waals surface area contributed by atoms with Crippen LogP contribution in [0.5, 0.6) is 11.5 Å². The number of halogens is 1. The van der Waals surface area contributed by atoms with Gasteiger partial charge in [-0.2, -0.15) is 4.98 Å². The van der Waals surface area contributed by atoms with E-state index < -0.39 is 5.82 Å². The van der Waals surface area contributed by atoms with E-state index in [-0.39, 0.29) is 11.8 Å². The molecule has 2 N–H and O–H groups in total. The van der Waals surface area contributed by atoms with E-state index in [4.69, 9.17) is 24.7 Å². The standard InChI is InChI=1S/C27H27FN4O3/c1-13-11-18-19(12-20(33-3)25(34-4)23(18)28)24-22(27-30-26(31-35-27)16-5-6-16)21(14(2)32(13)24)15-7-9-17(29)10-8-15/h7-10,12-13,16H,5-6,11,29H2,1-4H3. The van der Waals surface area contributed by atoms with Gasteiger partial charge in [0.25, 0.3) is 5.89 Å². The molecule has 2 aliphatic rings. The first kappa shape index (κ1) is 21.7. The Balaban J connectivity index is 1.70. The van der Waals surface area contributed by atoms with Crippen LogP contribution in [0.15, 0.2) is 34.9 Å². The Labute approximate surface area is 202 Å². The molecule has 0 spiro atoms. The van der Waals surface area contributed by atoms with Gasteiger partial charge in [-0.1, -0.05) is 17.3 Å². The minimum Gasteiger partial charge on any atom is -0.493 e. The number of hydrogen-bond donors (Lipinski definition) is 1. The Morgan fingerprint density at radius 2 is 1.86 bits per heavy atom. The summed E-state index contributed by atoms with van der Waals surface area (Å²) in [4.78, 5) is 4.80. The van der Waals surface area contributed by atoms with Crippen LogP contribution in [0.2, 0.25) is 0 Å². The minimum atomic E-state index is -0.400. The lowest BCUT2D eigenvalue weighted by Crippen LogP contribution is -2.19. The van der Waals surface area contributed by atoms with Crippen molar-refractivity contribution in [2.45, 2.75) is 45.1 Å². The first-order valence-corrected chi connectivity index (χ1v) is 11.8. The molecule has 0 saturated heterocycles.